The lowest BCUT2D eigenvalue weighted by molar-refractivity contribution is -0.139. The molecule has 10 heteroatoms. The van der Waals surface area contributed by atoms with Crippen LogP contribution in [0.3, 0.4) is 0 Å². The molecule has 1 N–H and O–H groups in total. The first-order valence-corrected chi connectivity index (χ1v) is 12.0. The highest BCUT2D eigenvalue weighted by molar-refractivity contribution is 9.10. The quantitative estimate of drug-likeness (QED) is 0.306. The van der Waals surface area contributed by atoms with E-state index >= 15 is 0 Å². The van der Waals surface area contributed by atoms with Crippen molar-refractivity contribution in [2.45, 2.75) is 6.92 Å². The van der Waals surface area contributed by atoms with E-state index in [4.69, 9.17) is 14.6 Å². The highest BCUT2D eigenvalue weighted by Gasteiger charge is 2.43. The predicted molar refractivity (Wildman–Crippen MR) is 140 cm³/mol. The highest BCUT2D eigenvalue weighted by Crippen LogP contribution is 2.38. The number of carbonyl (C=O) groups is 4. The van der Waals surface area contributed by atoms with Gasteiger partial charge in [-0.15, -0.1) is 0 Å². The van der Waals surface area contributed by atoms with Gasteiger partial charge in [-0.2, -0.15) is 0 Å². The van der Waals surface area contributed by atoms with Crippen LogP contribution in [0.25, 0.3) is 6.08 Å². The fourth-order valence-electron chi connectivity index (χ4n) is 3.71. The summed E-state index contributed by atoms with van der Waals surface area (Å²) in [6, 6.07) is 18.9. The summed E-state index contributed by atoms with van der Waals surface area (Å²) < 4.78 is 11.3. The van der Waals surface area contributed by atoms with E-state index in [2.05, 4.69) is 15.9 Å². The van der Waals surface area contributed by atoms with Crippen LogP contribution >= 0.6 is 15.9 Å². The zero-order valence-corrected chi connectivity index (χ0v) is 21.2. The summed E-state index contributed by atoms with van der Waals surface area (Å²) in [4.78, 5) is 53.3. The standard InChI is InChI=1S/C27H21BrN2O7/c1-2-36-22-15-17(14-21(28)24(22)37-16-23(31)32)13-20-25(33)29(18-9-5-3-6-10-18)27(35)30(26(20)34)19-11-7-4-8-12-19/h3-15H,2,16H2,1H3,(H,31,32). The molecule has 4 rings (SSSR count). The van der Waals surface area contributed by atoms with E-state index in [1.165, 1.54) is 12.1 Å². The topological polar surface area (TPSA) is 113 Å². The summed E-state index contributed by atoms with van der Waals surface area (Å²) >= 11 is 3.35. The number of urea groups is 1. The lowest BCUT2D eigenvalue weighted by Crippen LogP contribution is -2.57. The first-order valence-electron chi connectivity index (χ1n) is 11.2. The maximum atomic E-state index is 13.5. The number of rotatable bonds is 8. The van der Waals surface area contributed by atoms with Gasteiger partial charge in [-0.3, -0.25) is 9.59 Å². The van der Waals surface area contributed by atoms with Crippen molar-refractivity contribution in [2.24, 2.45) is 0 Å². The first-order chi connectivity index (χ1) is 17.8. The fraction of sp³-hybridized carbons (Fsp3) is 0.111. The third-order valence-electron chi connectivity index (χ3n) is 5.26. The van der Waals surface area contributed by atoms with Gasteiger partial charge in [0.1, 0.15) is 5.57 Å². The van der Waals surface area contributed by atoms with Crippen molar-refractivity contribution in [3.63, 3.8) is 0 Å². The number of carboxylic acid groups (broad SMARTS) is 1. The predicted octanol–water partition coefficient (Wildman–Crippen LogP) is 4.89. The molecule has 3 aromatic rings. The summed E-state index contributed by atoms with van der Waals surface area (Å²) in [5.41, 5.74) is 0.766. The second-order valence-corrected chi connectivity index (χ2v) is 8.59. The number of hydrogen-bond donors (Lipinski definition) is 1. The van der Waals surface area contributed by atoms with E-state index in [-0.39, 0.29) is 23.7 Å². The normalized spacial score (nSPS) is 13.6. The van der Waals surface area contributed by atoms with E-state index in [0.717, 1.165) is 9.80 Å². The van der Waals surface area contributed by atoms with E-state index in [1.54, 1.807) is 73.7 Å². The molecule has 0 unspecified atom stereocenters. The smallest absolute Gasteiger partial charge is 0.343 e. The van der Waals surface area contributed by atoms with Gasteiger partial charge >= 0.3 is 12.0 Å². The largest absolute Gasteiger partial charge is 0.490 e. The van der Waals surface area contributed by atoms with Crippen molar-refractivity contribution in [3.8, 4) is 11.5 Å². The Labute approximate surface area is 220 Å². The number of para-hydroxylation sites is 2. The number of anilines is 2. The van der Waals surface area contributed by atoms with Crippen molar-refractivity contribution < 1.29 is 33.8 Å². The molecule has 0 saturated carbocycles. The van der Waals surface area contributed by atoms with E-state index in [9.17, 15) is 19.2 Å². The van der Waals surface area contributed by atoms with Crippen molar-refractivity contribution in [2.75, 3.05) is 23.0 Å². The van der Waals surface area contributed by atoms with Crippen LogP contribution in [0.5, 0.6) is 11.5 Å². The molecule has 0 spiro atoms. The molecule has 0 radical (unpaired) electrons. The molecule has 37 heavy (non-hydrogen) atoms. The minimum atomic E-state index is -1.16. The minimum Gasteiger partial charge on any atom is -0.490 e. The lowest BCUT2D eigenvalue weighted by Gasteiger charge is -2.34. The molecule has 0 aliphatic carbocycles. The van der Waals surface area contributed by atoms with E-state index in [1.807, 2.05) is 0 Å². The molecule has 1 fully saturated rings. The Bertz CT molecular complexity index is 1330. The molecule has 1 heterocycles. The minimum absolute atomic E-state index is 0.166. The second-order valence-electron chi connectivity index (χ2n) is 7.74. The molecule has 1 aliphatic heterocycles. The number of imide groups is 2. The number of carbonyl (C=O) groups excluding carboxylic acids is 3. The molecule has 3 aromatic carbocycles. The zero-order valence-electron chi connectivity index (χ0n) is 19.6. The van der Waals surface area contributed by atoms with Gasteiger partial charge in [-0.05, 0) is 70.9 Å². The Morgan fingerprint density at radius 1 is 0.892 bits per heavy atom. The molecule has 0 aromatic heterocycles. The number of ether oxygens (including phenoxy) is 2. The molecule has 0 atom stereocenters. The molecular formula is C27H21BrN2O7. The maximum absolute atomic E-state index is 13.5. The summed E-state index contributed by atoms with van der Waals surface area (Å²) in [5.74, 6) is -2.34. The fourth-order valence-corrected chi connectivity index (χ4v) is 4.29. The Morgan fingerprint density at radius 3 is 1.92 bits per heavy atom. The molecule has 9 nitrogen and oxygen atoms in total. The Hall–Kier alpha value is -4.44. The van der Waals surface area contributed by atoms with Gasteiger partial charge in [0.25, 0.3) is 11.8 Å². The van der Waals surface area contributed by atoms with Gasteiger partial charge in [-0.25, -0.2) is 19.4 Å². The Balaban J connectivity index is 1.83. The number of benzene rings is 3. The number of halogens is 1. The van der Waals surface area contributed by atoms with Gasteiger partial charge in [0, 0.05) is 0 Å². The van der Waals surface area contributed by atoms with E-state index < -0.39 is 30.4 Å². The van der Waals surface area contributed by atoms with Crippen LogP contribution in [0.2, 0.25) is 0 Å². The Morgan fingerprint density at radius 2 is 1.43 bits per heavy atom. The average Bonchev–Trinajstić information content (AvgIpc) is 2.87. The SMILES string of the molecule is CCOc1cc(C=C2C(=O)N(c3ccccc3)C(=O)N(c3ccccc3)C2=O)cc(Br)c1OCC(=O)O. The summed E-state index contributed by atoms with van der Waals surface area (Å²) in [6.45, 7) is 1.41. The van der Waals surface area contributed by atoms with Crippen molar-refractivity contribution in [1.82, 2.24) is 0 Å². The third kappa shape index (κ3) is 5.39. The van der Waals surface area contributed by atoms with Crippen LogP contribution in [0, 0.1) is 0 Å². The average molecular weight is 565 g/mol. The van der Waals surface area contributed by atoms with Crippen LogP contribution in [0.4, 0.5) is 16.2 Å². The first kappa shape index (κ1) is 25.6. The van der Waals surface area contributed by atoms with E-state index in [0.29, 0.717) is 21.4 Å². The molecule has 1 saturated heterocycles. The Kier molecular flexibility index (Phi) is 7.69. The number of nitrogens with zero attached hydrogens (tertiary/aromatic N) is 2. The van der Waals surface area contributed by atoms with Crippen LogP contribution in [-0.2, 0) is 14.4 Å². The van der Waals surface area contributed by atoms with Crippen LogP contribution in [0.15, 0.2) is 82.8 Å². The number of aliphatic carboxylic acids is 1. The highest BCUT2D eigenvalue weighted by atomic mass is 79.9. The third-order valence-corrected chi connectivity index (χ3v) is 5.85. The molecule has 188 valence electrons. The van der Waals surface area contributed by atoms with Gasteiger partial charge in [0.15, 0.2) is 18.1 Å². The molecule has 0 bridgehead atoms. The van der Waals surface area contributed by atoms with Gasteiger partial charge in [0.2, 0.25) is 0 Å². The number of barbiturate groups is 1. The van der Waals surface area contributed by atoms with Crippen LogP contribution in [-0.4, -0.2) is 42.1 Å². The van der Waals surface area contributed by atoms with Gasteiger partial charge in [-0.1, -0.05) is 36.4 Å². The maximum Gasteiger partial charge on any atom is 0.343 e. The van der Waals surface area contributed by atoms with Crippen LogP contribution < -0.4 is 19.3 Å². The van der Waals surface area contributed by atoms with Gasteiger partial charge in [0.05, 0.1) is 22.5 Å². The molecule has 1 aliphatic rings. The lowest BCUT2D eigenvalue weighted by atomic mass is 10.0. The van der Waals surface area contributed by atoms with Crippen molar-refractivity contribution in [1.29, 1.82) is 0 Å². The second kappa shape index (κ2) is 11.1. The monoisotopic (exact) mass is 564 g/mol. The number of hydrogen-bond acceptors (Lipinski definition) is 6. The summed E-state index contributed by atoms with van der Waals surface area (Å²) in [5, 5.41) is 8.97. The summed E-state index contributed by atoms with van der Waals surface area (Å²) in [6.07, 6.45) is 1.36. The van der Waals surface area contributed by atoms with Crippen molar-refractivity contribution >= 4 is 57.2 Å². The molecular weight excluding hydrogens is 544 g/mol. The number of carboxylic acids is 1. The zero-order chi connectivity index (χ0) is 26.5. The summed E-state index contributed by atoms with van der Waals surface area (Å²) in [7, 11) is 0. The van der Waals surface area contributed by atoms with Crippen LogP contribution in [0.1, 0.15) is 12.5 Å². The van der Waals surface area contributed by atoms with Gasteiger partial charge < -0.3 is 14.6 Å². The van der Waals surface area contributed by atoms with Crippen molar-refractivity contribution in [3.05, 3.63) is 88.4 Å². The molecule has 4 amide bonds. The number of amides is 4.